The number of hydrogen-bond donors (Lipinski definition) is 2. The number of rotatable bonds is 4. The van der Waals surface area contributed by atoms with E-state index in [4.69, 9.17) is 9.47 Å². The number of methoxy groups -OCH3 is 1. The van der Waals surface area contributed by atoms with Gasteiger partial charge in [0.05, 0.1) is 18.8 Å². The molecule has 0 aliphatic carbocycles. The summed E-state index contributed by atoms with van der Waals surface area (Å²) in [6.07, 6.45) is 3.85. The highest BCUT2D eigenvalue weighted by Gasteiger charge is 2.23. The number of carboxylic acids is 1. The van der Waals surface area contributed by atoms with Gasteiger partial charge < -0.3 is 19.7 Å². The Labute approximate surface area is 117 Å². The summed E-state index contributed by atoms with van der Waals surface area (Å²) in [5.74, 6) is -0.646. The van der Waals surface area contributed by atoms with E-state index in [1.807, 2.05) is 0 Å². The average molecular weight is 278 g/mol. The van der Waals surface area contributed by atoms with Gasteiger partial charge >= 0.3 is 5.97 Å². The van der Waals surface area contributed by atoms with E-state index in [1.54, 1.807) is 18.2 Å². The Bertz CT molecular complexity index is 515. The summed E-state index contributed by atoms with van der Waals surface area (Å²) in [5, 5.41) is 18.9. The number of aliphatic carboxylic acids is 1. The Kier molecular flexibility index (Phi) is 4.63. The number of carbonyl (C=O) groups is 1. The first-order valence-corrected chi connectivity index (χ1v) is 6.55. The van der Waals surface area contributed by atoms with Gasteiger partial charge in [-0.3, -0.25) is 0 Å². The van der Waals surface area contributed by atoms with Crippen molar-refractivity contribution in [2.24, 2.45) is 0 Å². The molecule has 2 N–H and O–H groups in total. The van der Waals surface area contributed by atoms with Crippen LogP contribution in [0.4, 0.5) is 0 Å². The van der Waals surface area contributed by atoms with Crippen molar-refractivity contribution in [2.45, 2.75) is 25.4 Å². The van der Waals surface area contributed by atoms with E-state index in [0.717, 1.165) is 12.8 Å². The minimum atomic E-state index is -0.982. The lowest BCUT2D eigenvalue weighted by molar-refractivity contribution is -0.134. The third-order valence-electron chi connectivity index (χ3n) is 3.30. The molecule has 0 spiro atoms. The monoisotopic (exact) mass is 278 g/mol. The summed E-state index contributed by atoms with van der Waals surface area (Å²) >= 11 is 0. The largest absolute Gasteiger partial charge is 0.504 e. The molecular formula is C15H18O5. The Morgan fingerprint density at radius 2 is 2.25 bits per heavy atom. The minimum absolute atomic E-state index is 0.0236. The molecule has 0 aromatic heterocycles. The number of ether oxygens (including phenoxy) is 2. The van der Waals surface area contributed by atoms with Gasteiger partial charge in [0.1, 0.15) is 0 Å². The molecule has 5 heteroatoms. The summed E-state index contributed by atoms with van der Waals surface area (Å²) in [6, 6.07) is 4.72. The molecule has 0 saturated carbocycles. The van der Waals surface area contributed by atoms with Crippen LogP contribution >= 0.6 is 0 Å². The number of benzene rings is 1. The molecule has 1 aliphatic rings. The van der Waals surface area contributed by atoms with Crippen LogP contribution < -0.4 is 4.74 Å². The highest BCUT2D eigenvalue weighted by molar-refractivity contribution is 5.93. The molecule has 1 aromatic rings. The van der Waals surface area contributed by atoms with E-state index in [0.29, 0.717) is 24.3 Å². The van der Waals surface area contributed by atoms with E-state index < -0.39 is 5.97 Å². The number of phenols is 1. The maximum absolute atomic E-state index is 11.4. The van der Waals surface area contributed by atoms with Crippen molar-refractivity contribution in [3.05, 3.63) is 29.3 Å². The van der Waals surface area contributed by atoms with Crippen molar-refractivity contribution in [2.75, 3.05) is 13.7 Å². The molecule has 1 unspecified atom stereocenters. The SMILES string of the molecule is COc1cc(/C=C(/C(=O)O)C2CCCCO2)ccc1O. The fourth-order valence-corrected chi connectivity index (χ4v) is 2.24. The van der Waals surface area contributed by atoms with E-state index >= 15 is 0 Å². The summed E-state index contributed by atoms with van der Waals surface area (Å²) in [6.45, 7) is 0.591. The molecule has 2 rings (SSSR count). The maximum Gasteiger partial charge on any atom is 0.334 e. The van der Waals surface area contributed by atoms with E-state index in [-0.39, 0.29) is 17.4 Å². The first kappa shape index (κ1) is 14.4. The fraction of sp³-hybridized carbons (Fsp3) is 0.400. The smallest absolute Gasteiger partial charge is 0.334 e. The number of carboxylic acid groups (broad SMARTS) is 1. The molecule has 0 radical (unpaired) electrons. The summed E-state index contributed by atoms with van der Waals surface area (Å²) in [5.41, 5.74) is 0.892. The second-order valence-corrected chi connectivity index (χ2v) is 4.69. The summed E-state index contributed by atoms with van der Waals surface area (Å²) < 4.78 is 10.5. The molecule has 0 amide bonds. The van der Waals surface area contributed by atoms with Gasteiger partial charge in [-0.05, 0) is 43.0 Å². The first-order chi connectivity index (χ1) is 9.61. The molecule has 1 saturated heterocycles. The lowest BCUT2D eigenvalue weighted by Gasteiger charge is -2.23. The molecule has 5 nitrogen and oxygen atoms in total. The Morgan fingerprint density at radius 1 is 1.45 bits per heavy atom. The Hall–Kier alpha value is -2.01. The lowest BCUT2D eigenvalue weighted by Crippen LogP contribution is -2.25. The van der Waals surface area contributed by atoms with Crippen LogP contribution in [0.1, 0.15) is 24.8 Å². The van der Waals surface area contributed by atoms with E-state index in [9.17, 15) is 15.0 Å². The van der Waals surface area contributed by atoms with Gasteiger partial charge in [-0.2, -0.15) is 0 Å². The zero-order valence-electron chi connectivity index (χ0n) is 11.3. The molecule has 20 heavy (non-hydrogen) atoms. The van der Waals surface area contributed by atoms with Crippen molar-refractivity contribution >= 4 is 12.0 Å². The van der Waals surface area contributed by atoms with Crippen LogP contribution in [0, 0.1) is 0 Å². The normalized spacial score (nSPS) is 19.6. The predicted molar refractivity (Wildman–Crippen MR) is 73.9 cm³/mol. The van der Waals surface area contributed by atoms with Crippen molar-refractivity contribution in [1.82, 2.24) is 0 Å². The van der Waals surface area contributed by atoms with Crippen molar-refractivity contribution in [3.63, 3.8) is 0 Å². The van der Waals surface area contributed by atoms with Gasteiger partial charge in [0, 0.05) is 6.61 Å². The van der Waals surface area contributed by atoms with Crippen LogP contribution in [0.2, 0.25) is 0 Å². The number of aromatic hydroxyl groups is 1. The zero-order chi connectivity index (χ0) is 14.5. The van der Waals surface area contributed by atoms with Gasteiger partial charge in [-0.15, -0.1) is 0 Å². The van der Waals surface area contributed by atoms with Gasteiger partial charge in [0.15, 0.2) is 11.5 Å². The van der Waals surface area contributed by atoms with Crippen LogP contribution in [0.5, 0.6) is 11.5 Å². The van der Waals surface area contributed by atoms with Gasteiger partial charge in [0.2, 0.25) is 0 Å². The molecular weight excluding hydrogens is 260 g/mol. The predicted octanol–water partition coefficient (Wildman–Crippen LogP) is 2.44. The van der Waals surface area contributed by atoms with E-state index in [2.05, 4.69) is 0 Å². The molecule has 1 heterocycles. The third kappa shape index (κ3) is 3.30. The molecule has 1 aromatic carbocycles. The van der Waals surface area contributed by atoms with Crippen LogP contribution in [0.25, 0.3) is 6.08 Å². The Morgan fingerprint density at radius 3 is 2.85 bits per heavy atom. The van der Waals surface area contributed by atoms with Crippen LogP contribution in [-0.2, 0) is 9.53 Å². The number of phenolic OH excluding ortho intramolecular Hbond substituents is 1. The van der Waals surface area contributed by atoms with E-state index in [1.165, 1.54) is 13.2 Å². The highest BCUT2D eigenvalue weighted by Crippen LogP contribution is 2.28. The second-order valence-electron chi connectivity index (χ2n) is 4.69. The van der Waals surface area contributed by atoms with Crippen molar-refractivity contribution < 1.29 is 24.5 Å². The van der Waals surface area contributed by atoms with Crippen LogP contribution in [-0.4, -0.2) is 36.0 Å². The van der Waals surface area contributed by atoms with Gasteiger partial charge in [-0.1, -0.05) is 6.07 Å². The zero-order valence-corrected chi connectivity index (χ0v) is 11.3. The quantitative estimate of drug-likeness (QED) is 0.827. The maximum atomic E-state index is 11.4. The fourth-order valence-electron chi connectivity index (χ4n) is 2.24. The molecule has 1 aliphatic heterocycles. The highest BCUT2D eigenvalue weighted by atomic mass is 16.5. The molecule has 0 bridgehead atoms. The third-order valence-corrected chi connectivity index (χ3v) is 3.30. The second kappa shape index (κ2) is 6.43. The summed E-state index contributed by atoms with van der Waals surface area (Å²) in [4.78, 5) is 11.4. The van der Waals surface area contributed by atoms with Crippen molar-refractivity contribution in [3.8, 4) is 11.5 Å². The minimum Gasteiger partial charge on any atom is -0.504 e. The van der Waals surface area contributed by atoms with Crippen molar-refractivity contribution in [1.29, 1.82) is 0 Å². The standard InChI is InChI=1S/C15H18O5/c1-19-14-9-10(5-6-12(14)16)8-11(15(17)18)13-4-2-3-7-20-13/h5-6,8-9,13,16H,2-4,7H2,1H3,(H,17,18)/b11-8+. The molecule has 108 valence electrons. The average Bonchev–Trinajstić information content (AvgIpc) is 2.47. The Balaban J connectivity index is 2.30. The molecule has 1 fully saturated rings. The molecule has 1 atom stereocenters. The lowest BCUT2D eigenvalue weighted by atomic mass is 9.99. The van der Waals surface area contributed by atoms with Crippen LogP contribution in [0.15, 0.2) is 23.8 Å². The van der Waals surface area contributed by atoms with Gasteiger partial charge in [0.25, 0.3) is 0 Å². The van der Waals surface area contributed by atoms with Crippen LogP contribution in [0.3, 0.4) is 0 Å². The topological polar surface area (TPSA) is 76.0 Å². The first-order valence-electron chi connectivity index (χ1n) is 6.55. The summed E-state index contributed by atoms with van der Waals surface area (Å²) in [7, 11) is 1.45. The van der Waals surface area contributed by atoms with Gasteiger partial charge in [-0.25, -0.2) is 4.79 Å². The number of hydrogen-bond acceptors (Lipinski definition) is 4.